The quantitative estimate of drug-likeness (QED) is 0.846. The molecule has 4 nitrogen and oxygen atoms in total. The van der Waals surface area contributed by atoms with Crippen molar-refractivity contribution in [1.82, 2.24) is 5.32 Å². The maximum Gasteiger partial charge on any atom is 0.326 e. The highest BCUT2D eigenvalue weighted by Gasteiger charge is 2.40. The van der Waals surface area contributed by atoms with Crippen molar-refractivity contribution in [1.29, 1.82) is 0 Å². The Balaban J connectivity index is 2.06. The van der Waals surface area contributed by atoms with E-state index < -0.39 is 12.0 Å². The molecule has 1 saturated carbocycles. The van der Waals surface area contributed by atoms with Crippen LogP contribution in [-0.2, 0) is 16.0 Å². The second-order valence-corrected chi connectivity index (χ2v) is 5.89. The third kappa shape index (κ3) is 3.63. The zero-order valence-electron chi connectivity index (χ0n) is 12.5. The zero-order chi connectivity index (χ0) is 15.3. The number of hydrogen-bond donors (Lipinski definition) is 2. The molecule has 0 unspecified atom stereocenters. The molecule has 0 radical (unpaired) electrons. The summed E-state index contributed by atoms with van der Waals surface area (Å²) in [4.78, 5) is 24.0. The summed E-state index contributed by atoms with van der Waals surface area (Å²) in [7, 11) is 0. The monoisotopic (exact) mass is 289 g/mol. The predicted octanol–water partition coefficient (Wildman–Crippen LogP) is 2.77. The fourth-order valence-electron chi connectivity index (χ4n) is 3.15. The number of amides is 1. The number of nitrogens with one attached hydrogen (secondary N) is 1. The molecule has 4 heteroatoms. The van der Waals surface area contributed by atoms with Gasteiger partial charge in [-0.1, -0.05) is 50.1 Å². The minimum Gasteiger partial charge on any atom is -0.480 e. The van der Waals surface area contributed by atoms with Gasteiger partial charge in [0.25, 0.3) is 0 Å². The van der Waals surface area contributed by atoms with Gasteiger partial charge in [0.1, 0.15) is 6.04 Å². The second kappa shape index (κ2) is 6.74. The van der Waals surface area contributed by atoms with E-state index in [1.54, 1.807) is 0 Å². The van der Waals surface area contributed by atoms with Gasteiger partial charge < -0.3 is 10.4 Å². The molecule has 1 aromatic carbocycles. The van der Waals surface area contributed by atoms with Gasteiger partial charge in [-0.2, -0.15) is 0 Å². The smallest absolute Gasteiger partial charge is 0.326 e. The van der Waals surface area contributed by atoms with Gasteiger partial charge in [-0.25, -0.2) is 4.79 Å². The van der Waals surface area contributed by atoms with Gasteiger partial charge in [-0.3, -0.25) is 4.79 Å². The van der Waals surface area contributed by atoms with E-state index in [1.807, 2.05) is 37.3 Å². The molecule has 0 bridgehead atoms. The fraction of sp³-hybridized carbons (Fsp3) is 0.529. The van der Waals surface area contributed by atoms with E-state index in [-0.39, 0.29) is 11.3 Å². The van der Waals surface area contributed by atoms with E-state index in [9.17, 15) is 14.7 Å². The van der Waals surface area contributed by atoms with Crippen molar-refractivity contribution in [2.45, 2.75) is 51.5 Å². The van der Waals surface area contributed by atoms with E-state index in [0.29, 0.717) is 6.42 Å². The van der Waals surface area contributed by atoms with Crippen LogP contribution < -0.4 is 5.32 Å². The number of benzene rings is 1. The number of aliphatic carboxylic acids is 1. The van der Waals surface area contributed by atoms with Crippen molar-refractivity contribution in [2.75, 3.05) is 0 Å². The average molecular weight is 289 g/mol. The molecule has 1 aliphatic carbocycles. The van der Waals surface area contributed by atoms with Crippen LogP contribution in [-0.4, -0.2) is 23.0 Å². The molecule has 0 heterocycles. The van der Waals surface area contributed by atoms with Crippen molar-refractivity contribution in [3.05, 3.63) is 35.9 Å². The molecule has 0 saturated heterocycles. The molecule has 1 fully saturated rings. The molecule has 2 rings (SSSR count). The Hall–Kier alpha value is -1.84. The van der Waals surface area contributed by atoms with E-state index >= 15 is 0 Å². The molecule has 2 N–H and O–H groups in total. The summed E-state index contributed by atoms with van der Waals surface area (Å²) in [6, 6.07) is 8.55. The lowest BCUT2D eigenvalue weighted by Crippen LogP contribution is -2.48. The lowest BCUT2D eigenvalue weighted by Gasteiger charge is -2.28. The van der Waals surface area contributed by atoms with E-state index in [4.69, 9.17) is 0 Å². The Kier molecular flexibility index (Phi) is 4.99. The van der Waals surface area contributed by atoms with Crippen LogP contribution in [0.3, 0.4) is 0 Å². The van der Waals surface area contributed by atoms with Gasteiger partial charge in [-0.15, -0.1) is 0 Å². The topological polar surface area (TPSA) is 66.4 Å². The Morgan fingerprint density at radius 3 is 2.38 bits per heavy atom. The average Bonchev–Trinajstić information content (AvgIpc) is 2.97. The number of carbonyl (C=O) groups is 2. The summed E-state index contributed by atoms with van der Waals surface area (Å²) >= 11 is 0. The minimum atomic E-state index is -0.976. The number of rotatable bonds is 6. The van der Waals surface area contributed by atoms with Gasteiger partial charge in [-0.05, 0) is 24.8 Å². The Labute approximate surface area is 125 Å². The van der Waals surface area contributed by atoms with Gasteiger partial charge in [0.2, 0.25) is 5.91 Å². The van der Waals surface area contributed by atoms with Crippen LogP contribution in [0.25, 0.3) is 0 Å². The maximum absolute atomic E-state index is 12.5. The highest BCUT2D eigenvalue weighted by molar-refractivity contribution is 5.87. The van der Waals surface area contributed by atoms with Crippen LogP contribution in [0.2, 0.25) is 0 Å². The first-order chi connectivity index (χ1) is 10.1. The molecule has 0 spiro atoms. The summed E-state index contributed by atoms with van der Waals surface area (Å²) in [6.07, 6.45) is 4.94. The molecule has 1 amide bonds. The molecule has 21 heavy (non-hydrogen) atoms. The van der Waals surface area contributed by atoms with Crippen LogP contribution in [0.1, 0.15) is 44.6 Å². The van der Waals surface area contributed by atoms with Gasteiger partial charge in [0.05, 0.1) is 0 Å². The van der Waals surface area contributed by atoms with Gasteiger partial charge in [0.15, 0.2) is 0 Å². The Morgan fingerprint density at radius 2 is 1.86 bits per heavy atom. The summed E-state index contributed by atoms with van der Waals surface area (Å²) < 4.78 is 0. The summed E-state index contributed by atoms with van der Waals surface area (Å²) in [6.45, 7) is 2.01. The molecular weight excluding hydrogens is 266 g/mol. The van der Waals surface area contributed by atoms with Gasteiger partial charge >= 0.3 is 5.97 Å². The first-order valence-electron chi connectivity index (χ1n) is 7.65. The number of carboxylic acid groups (broad SMARTS) is 1. The molecule has 0 aromatic heterocycles. The molecule has 1 aliphatic rings. The standard InChI is InChI=1S/C17H23NO3/c1-2-17(10-6-7-11-17)16(21)18-14(15(19)20)12-13-8-4-3-5-9-13/h3-5,8-9,14H,2,6-7,10-12H2,1H3,(H,18,21)(H,19,20)/t14-/m1/s1. The molecule has 1 aromatic rings. The van der Waals surface area contributed by atoms with Crippen LogP contribution >= 0.6 is 0 Å². The first-order valence-corrected chi connectivity index (χ1v) is 7.65. The van der Waals surface area contributed by atoms with Crippen LogP contribution in [0.5, 0.6) is 0 Å². The summed E-state index contributed by atoms with van der Waals surface area (Å²) in [5, 5.41) is 12.1. The normalized spacial score (nSPS) is 18.1. The minimum absolute atomic E-state index is 0.0918. The summed E-state index contributed by atoms with van der Waals surface area (Å²) in [5.74, 6) is -1.07. The Morgan fingerprint density at radius 1 is 1.24 bits per heavy atom. The second-order valence-electron chi connectivity index (χ2n) is 5.89. The third-order valence-corrected chi connectivity index (χ3v) is 4.61. The van der Waals surface area contributed by atoms with E-state index in [0.717, 1.165) is 37.7 Å². The number of carboxylic acids is 1. The molecular formula is C17H23NO3. The lowest BCUT2D eigenvalue weighted by molar-refractivity contribution is -0.144. The third-order valence-electron chi connectivity index (χ3n) is 4.61. The molecule has 1 atom stereocenters. The maximum atomic E-state index is 12.5. The van der Waals surface area contributed by atoms with E-state index in [2.05, 4.69) is 5.32 Å². The van der Waals surface area contributed by atoms with Crippen LogP contribution in [0.4, 0.5) is 0 Å². The zero-order valence-corrected chi connectivity index (χ0v) is 12.5. The van der Waals surface area contributed by atoms with Crippen LogP contribution in [0.15, 0.2) is 30.3 Å². The lowest BCUT2D eigenvalue weighted by atomic mass is 9.82. The van der Waals surface area contributed by atoms with Gasteiger partial charge in [0, 0.05) is 11.8 Å². The van der Waals surface area contributed by atoms with Crippen molar-refractivity contribution in [3.63, 3.8) is 0 Å². The highest BCUT2D eigenvalue weighted by atomic mass is 16.4. The number of hydrogen-bond acceptors (Lipinski definition) is 2. The SMILES string of the molecule is CCC1(C(=O)N[C@H](Cc2ccccc2)C(=O)O)CCCC1. The van der Waals surface area contributed by atoms with Crippen molar-refractivity contribution in [2.24, 2.45) is 5.41 Å². The molecule has 0 aliphatic heterocycles. The van der Waals surface area contributed by atoms with Crippen molar-refractivity contribution < 1.29 is 14.7 Å². The van der Waals surface area contributed by atoms with Crippen molar-refractivity contribution in [3.8, 4) is 0 Å². The fourth-order valence-corrected chi connectivity index (χ4v) is 3.15. The van der Waals surface area contributed by atoms with Crippen LogP contribution in [0, 0.1) is 5.41 Å². The first kappa shape index (κ1) is 15.5. The Bertz CT molecular complexity index is 492. The largest absolute Gasteiger partial charge is 0.480 e. The summed E-state index contributed by atoms with van der Waals surface area (Å²) in [5.41, 5.74) is 0.562. The predicted molar refractivity (Wildman–Crippen MR) is 80.9 cm³/mol. The number of carbonyl (C=O) groups excluding carboxylic acids is 1. The van der Waals surface area contributed by atoms with Crippen molar-refractivity contribution >= 4 is 11.9 Å². The highest BCUT2D eigenvalue weighted by Crippen LogP contribution is 2.41. The molecule has 114 valence electrons. The van der Waals surface area contributed by atoms with E-state index in [1.165, 1.54) is 0 Å².